The number of hydrogen-bond acceptors (Lipinski definition) is 3. The molecule has 2 aromatic rings. The first-order chi connectivity index (χ1) is 7.07. The first kappa shape index (κ1) is 9.45. The highest BCUT2D eigenvalue weighted by Gasteiger charge is 2.12. The maximum atomic E-state index is 11.6. The van der Waals surface area contributed by atoms with Gasteiger partial charge in [-0.1, -0.05) is 0 Å². The molecular formula is C9H9N3O3. The van der Waals surface area contributed by atoms with E-state index in [4.69, 9.17) is 0 Å². The number of aromatic nitrogens is 3. The number of carbonyl (C=O) groups is 1. The monoisotopic (exact) mass is 207 g/mol. The molecule has 2 rings (SSSR count). The van der Waals surface area contributed by atoms with Crippen LogP contribution in [0.15, 0.2) is 15.8 Å². The van der Waals surface area contributed by atoms with Crippen molar-refractivity contribution >= 4 is 17.2 Å². The van der Waals surface area contributed by atoms with Crippen molar-refractivity contribution in [1.29, 1.82) is 0 Å². The zero-order chi connectivity index (χ0) is 11.2. The minimum atomic E-state index is -0.449. The molecule has 6 heteroatoms. The van der Waals surface area contributed by atoms with Gasteiger partial charge in [0.2, 0.25) is 0 Å². The maximum absolute atomic E-state index is 11.6. The molecule has 0 aliphatic heterocycles. The molecule has 1 N–H and O–H groups in total. The molecule has 0 aliphatic rings. The highest BCUT2D eigenvalue weighted by Crippen LogP contribution is 2.09. The highest BCUT2D eigenvalue weighted by atomic mass is 16.2. The van der Waals surface area contributed by atoms with Crippen LogP contribution in [0.25, 0.3) is 10.9 Å². The first-order valence-electron chi connectivity index (χ1n) is 4.30. The highest BCUT2D eigenvalue weighted by molar-refractivity contribution is 5.94. The molecule has 0 saturated heterocycles. The molecule has 0 unspecified atom stereocenters. The molecule has 0 saturated carbocycles. The third kappa shape index (κ3) is 1.08. The fourth-order valence-corrected chi connectivity index (χ4v) is 1.63. The number of fused-ring (bicyclic) bond motifs is 1. The number of aromatic amines is 1. The third-order valence-electron chi connectivity index (χ3n) is 2.44. The number of H-pyrrole nitrogens is 1. The number of nitrogens with one attached hydrogen (secondary N) is 1. The Kier molecular flexibility index (Phi) is 1.85. The minimum absolute atomic E-state index is 0.238. The van der Waals surface area contributed by atoms with Crippen LogP contribution in [-0.2, 0) is 14.1 Å². The smallest absolute Gasteiger partial charge is 0.331 e. The molecule has 0 radical (unpaired) electrons. The van der Waals surface area contributed by atoms with Crippen molar-refractivity contribution in [2.75, 3.05) is 0 Å². The van der Waals surface area contributed by atoms with E-state index in [1.165, 1.54) is 24.9 Å². The van der Waals surface area contributed by atoms with Crippen LogP contribution in [0, 0.1) is 0 Å². The molecule has 0 bridgehead atoms. The lowest BCUT2D eigenvalue weighted by Crippen LogP contribution is -2.36. The van der Waals surface area contributed by atoms with E-state index in [-0.39, 0.29) is 5.69 Å². The molecule has 0 fully saturated rings. The number of hydrogen-bond donors (Lipinski definition) is 1. The molecule has 15 heavy (non-hydrogen) atoms. The topological polar surface area (TPSA) is 76.9 Å². The Bertz CT molecular complexity index is 660. The lowest BCUT2D eigenvalue weighted by molar-refractivity contribution is 0.112. The van der Waals surface area contributed by atoms with E-state index in [2.05, 4.69) is 4.98 Å². The van der Waals surface area contributed by atoms with Crippen molar-refractivity contribution in [2.45, 2.75) is 0 Å². The van der Waals surface area contributed by atoms with Crippen molar-refractivity contribution in [3.63, 3.8) is 0 Å². The van der Waals surface area contributed by atoms with E-state index in [9.17, 15) is 14.4 Å². The lowest BCUT2D eigenvalue weighted by Gasteiger charge is -2.03. The van der Waals surface area contributed by atoms with Gasteiger partial charge in [-0.3, -0.25) is 18.7 Å². The van der Waals surface area contributed by atoms with E-state index in [1.807, 2.05) is 0 Å². The zero-order valence-corrected chi connectivity index (χ0v) is 8.27. The maximum Gasteiger partial charge on any atom is 0.331 e. The molecule has 2 aromatic heterocycles. The van der Waals surface area contributed by atoms with Gasteiger partial charge < -0.3 is 4.98 Å². The van der Waals surface area contributed by atoms with Gasteiger partial charge in [0.15, 0.2) is 6.29 Å². The summed E-state index contributed by atoms with van der Waals surface area (Å²) in [5.41, 5.74) is -0.270. The van der Waals surface area contributed by atoms with Gasteiger partial charge in [-0.2, -0.15) is 0 Å². The molecule has 0 aromatic carbocycles. The van der Waals surface area contributed by atoms with E-state index in [0.717, 1.165) is 4.57 Å². The molecule has 6 nitrogen and oxygen atoms in total. The van der Waals surface area contributed by atoms with Crippen molar-refractivity contribution in [2.24, 2.45) is 14.1 Å². The molecular weight excluding hydrogens is 198 g/mol. The van der Waals surface area contributed by atoms with E-state index in [0.29, 0.717) is 17.2 Å². The Hall–Kier alpha value is -2.11. The van der Waals surface area contributed by atoms with Crippen molar-refractivity contribution in [3.05, 3.63) is 32.7 Å². The average molecular weight is 207 g/mol. The van der Waals surface area contributed by atoms with Crippen LogP contribution in [0.4, 0.5) is 0 Å². The standard InChI is InChI=1S/C9H9N3O3/c1-11-7-5(3-10-6(7)4-13)8(14)12(2)9(11)15/h3-4,10H,1-2H3. The zero-order valence-electron chi connectivity index (χ0n) is 8.27. The summed E-state index contributed by atoms with van der Waals surface area (Å²) < 4.78 is 2.28. The Morgan fingerprint density at radius 2 is 1.93 bits per heavy atom. The Balaban J connectivity index is 3.18. The van der Waals surface area contributed by atoms with Gasteiger partial charge in [0.05, 0.1) is 10.9 Å². The molecule has 2 heterocycles. The van der Waals surface area contributed by atoms with E-state index < -0.39 is 11.2 Å². The van der Waals surface area contributed by atoms with Gasteiger partial charge >= 0.3 is 5.69 Å². The summed E-state index contributed by atoms with van der Waals surface area (Å²) in [6.45, 7) is 0. The molecule has 0 aliphatic carbocycles. The van der Waals surface area contributed by atoms with Crippen LogP contribution in [0.3, 0.4) is 0 Å². The number of aldehydes is 1. The van der Waals surface area contributed by atoms with E-state index >= 15 is 0 Å². The summed E-state index contributed by atoms with van der Waals surface area (Å²) in [4.78, 5) is 36.6. The fraction of sp³-hybridized carbons (Fsp3) is 0.222. The van der Waals surface area contributed by atoms with Crippen LogP contribution in [0.5, 0.6) is 0 Å². The number of carbonyl (C=O) groups excluding carboxylic acids is 1. The molecule has 78 valence electrons. The summed E-state index contributed by atoms with van der Waals surface area (Å²) in [5.74, 6) is 0. The van der Waals surface area contributed by atoms with Crippen LogP contribution in [0.1, 0.15) is 10.5 Å². The minimum Gasteiger partial charge on any atom is -0.356 e. The van der Waals surface area contributed by atoms with Gasteiger partial charge in [0.25, 0.3) is 5.56 Å². The normalized spacial score (nSPS) is 10.8. The van der Waals surface area contributed by atoms with Crippen molar-refractivity contribution < 1.29 is 4.79 Å². The van der Waals surface area contributed by atoms with Gasteiger partial charge in [-0.15, -0.1) is 0 Å². The summed E-state index contributed by atoms with van der Waals surface area (Å²) >= 11 is 0. The Morgan fingerprint density at radius 3 is 2.53 bits per heavy atom. The predicted octanol–water partition coefficient (Wildman–Crippen LogP) is -0.622. The first-order valence-corrected chi connectivity index (χ1v) is 4.30. The van der Waals surface area contributed by atoms with Crippen LogP contribution < -0.4 is 11.2 Å². The fourth-order valence-electron chi connectivity index (χ4n) is 1.63. The van der Waals surface area contributed by atoms with Gasteiger partial charge in [-0.05, 0) is 0 Å². The van der Waals surface area contributed by atoms with Crippen molar-refractivity contribution in [1.82, 2.24) is 14.1 Å². The number of rotatable bonds is 1. The third-order valence-corrected chi connectivity index (χ3v) is 2.44. The quantitative estimate of drug-likeness (QED) is 0.633. The van der Waals surface area contributed by atoms with Crippen LogP contribution in [0.2, 0.25) is 0 Å². The predicted molar refractivity (Wildman–Crippen MR) is 54.2 cm³/mol. The van der Waals surface area contributed by atoms with Gasteiger partial charge in [-0.25, -0.2) is 4.79 Å². The SMILES string of the molecule is Cn1c(=O)c2c[nH]c(C=O)c2n(C)c1=O. The Labute approximate surface area is 83.8 Å². The Morgan fingerprint density at radius 1 is 1.27 bits per heavy atom. The summed E-state index contributed by atoms with van der Waals surface area (Å²) in [6, 6.07) is 0. The van der Waals surface area contributed by atoms with Crippen LogP contribution >= 0.6 is 0 Å². The summed E-state index contributed by atoms with van der Waals surface area (Å²) in [5, 5.41) is 0.335. The summed E-state index contributed by atoms with van der Waals surface area (Å²) in [6.07, 6.45) is 2.02. The second kappa shape index (κ2) is 2.94. The molecule has 0 spiro atoms. The van der Waals surface area contributed by atoms with Gasteiger partial charge in [0, 0.05) is 20.3 Å². The second-order valence-electron chi connectivity index (χ2n) is 3.29. The number of aryl methyl sites for hydroxylation is 1. The van der Waals surface area contributed by atoms with Gasteiger partial charge in [0.1, 0.15) is 5.69 Å². The van der Waals surface area contributed by atoms with E-state index in [1.54, 1.807) is 0 Å². The molecule has 0 amide bonds. The molecule has 0 atom stereocenters. The van der Waals surface area contributed by atoms with Crippen LogP contribution in [-0.4, -0.2) is 20.4 Å². The summed E-state index contributed by atoms with van der Waals surface area (Å²) in [7, 11) is 2.92. The number of nitrogens with zero attached hydrogens (tertiary/aromatic N) is 2. The lowest BCUT2D eigenvalue weighted by atomic mass is 10.3. The van der Waals surface area contributed by atoms with Crippen molar-refractivity contribution in [3.8, 4) is 0 Å². The second-order valence-corrected chi connectivity index (χ2v) is 3.29. The average Bonchev–Trinajstić information content (AvgIpc) is 2.67. The largest absolute Gasteiger partial charge is 0.356 e.